The van der Waals surface area contributed by atoms with Crippen LogP contribution < -0.4 is 10.1 Å². The smallest absolute Gasteiger partial charge is 0.240 e. The number of halogens is 2. The van der Waals surface area contributed by atoms with Crippen LogP contribution in [0.3, 0.4) is 0 Å². The minimum atomic E-state index is -0.683. The number of hydrogen-bond donors (Lipinski definition) is 1. The second-order valence-corrected chi connectivity index (χ2v) is 6.48. The molecule has 1 fully saturated rings. The van der Waals surface area contributed by atoms with Gasteiger partial charge in [0, 0.05) is 19.2 Å². The first kappa shape index (κ1) is 19.8. The van der Waals surface area contributed by atoms with E-state index >= 15 is 0 Å². The van der Waals surface area contributed by atoms with Gasteiger partial charge in [-0.05, 0) is 18.2 Å². The lowest BCUT2D eigenvalue weighted by Gasteiger charge is -2.20. The van der Waals surface area contributed by atoms with Crippen molar-refractivity contribution >= 4 is 34.2 Å². The fourth-order valence-electron chi connectivity index (χ4n) is 3.17. The van der Waals surface area contributed by atoms with Crippen molar-refractivity contribution in [1.29, 1.82) is 0 Å². The summed E-state index contributed by atoms with van der Waals surface area (Å²) in [5.41, 5.74) is 0.680. The van der Waals surface area contributed by atoms with E-state index in [1.165, 1.54) is 36.7 Å². The zero-order valence-electron chi connectivity index (χ0n) is 15.8. The quantitative estimate of drug-likeness (QED) is 0.488. The van der Waals surface area contributed by atoms with Crippen LogP contribution in [0, 0.1) is 11.6 Å². The van der Waals surface area contributed by atoms with E-state index in [-0.39, 0.29) is 34.3 Å². The number of aliphatic imine (C=N–C) groups is 1. The lowest BCUT2D eigenvalue weighted by molar-refractivity contribution is 0.0328. The van der Waals surface area contributed by atoms with Crippen molar-refractivity contribution in [2.24, 2.45) is 4.99 Å². The Morgan fingerprint density at radius 3 is 2.83 bits per heavy atom. The van der Waals surface area contributed by atoms with Gasteiger partial charge in [-0.1, -0.05) is 0 Å². The predicted octanol–water partition coefficient (Wildman–Crippen LogP) is 3.41. The summed E-state index contributed by atoms with van der Waals surface area (Å²) in [6.07, 6.45) is 1.87. The fourth-order valence-corrected chi connectivity index (χ4v) is 3.17. The number of nitrogens with one attached hydrogen (secondary N) is 1. The minimum Gasteiger partial charge on any atom is -0.483 e. The number of ether oxygens (including phenoxy) is 3. The molecule has 0 aliphatic carbocycles. The maximum Gasteiger partial charge on any atom is 0.240 e. The number of carbonyl (C=O) groups excluding carboxylic acids is 1. The van der Waals surface area contributed by atoms with Gasteiger partial charge in [0.25, 0.3) is 0 Å². The maximum absolute atomic E-state index is 14.7. The van der Waals surface area contributed by atoms with E-state index in [4.69, 9.17) is 14.2 Å². The van der Waals surface area contributed by atoms with E-state index in [0.717, 1.165) is 6.07 Å². The van der Waals surface area contributed by atoms with Gasteiger partial charge in [-0.25, -0.2) is 23.5 Å². The van der Waals surface area contributed by atoms with Crippen LogP contribution in [-0.4, -0.2) is 48.6 Å². The molecule has 0 amide bonds. The Bertz CT molecular complexity index is 1140. The summed E-state index contributed by atoms with van der Waals surface area (Å²) in [6.45, 7) is 0.659. The van der Waals surface area contributed by atoms with Gasteiger partial charge in [-0.3, -0.25) is 0 Å². The molecule has 0 radical (unpaired) electrons. The molecular weight excluding hydrogens is 398 g/mol. The number of aromatic nitrogens is 2. The molecule has 4 rings (SSSR count). The number of nitrogens with zero attached hydrogens (tertiary/aromatic N) is 3. The van der Waals surface area contributed by atoms with Gasteiger partial charge in [-0.2, -0.15) is 4.99 Å². The molecule has 1 N–H and O–H groups in total. The van der Waals surface area contributed by atoms with Gasteiger partial charge in [0.15, 0.2) is 6.10 Å². The molecular formula is C20H16F2N4O4. The Morgan fingerprint density at radius 1 is 1.20 bits per heavy atom. The molecule has 1 aromatic heterocycles. The Balaban J connectivity index is 1.71. The molecule has 2 atom stereocenters. The monoisotopic (exact) mass is 414 g/mol. The first-order valence-electron chi connectivity index (χ1n) is 8.95. The molecule has 1 aliphatic heterocycles. The third kappa shape index (κ3) is 3.97. The van der Waals surface area contributed by atoms with Gasteiger partial charge in [0.2, 0.25) is 6.08 Å². The van der Waals surface area contributed by atoms with Gasteiger partial charge >= 0.3 is 0 Å². The molecule has 2 aromatic carbocycles. The summed E-state index contributed by atoms with van der Waals surface area (Å²) in [5, 5.41) is 3.05. The van der Waals surface area contributed by atoms with Gasteiger partial charge < -0.3 is 19.5 Å². The van der Waals surface area contributed by atoms with Crippen LogP contribution in [0.4, 0.5) is 26.0 Å². The summed E-state index contributed by atoms with van der Waals surface area (Å²) in [6, 6.07) is 6.41. The van der Waals surface area contributed by atoms with E-state index in [9.17, 15) is 13.6 Å². The second kappa shape index (κ2) is 8.50. The van der Waals surface area contributed by atoms with Crippen LogP contribution >= 0.6 is 0 Å². The lowest BCUT2D eigenvalue weighted by Crippen LogP contribution is -2.31. The van der Waals surface area contributed by atoms with Crippen LogP contribution in [0.15, 0.2) is 41.7 Å². The SMILES string of the molecule is COC1COCC1Oc1cc(F)ccc1Nc1ncnc2cc(N=C=O)cc(F)c12. The minimum absolute atomic E-state index is 0.0802. The standard InChI is InChI=1S/C20H16F2N4O4/c1-28-17-7-29-8-18(17)30-16-4-11(21)2-3-14(16)26-20-19-13(22)5-12(25-10-27)6-15(19)23-9-24-20/h2-6,9,17-18H,7-8H2,1H3,(H,23,24,26). The van der Waals surface area contributed by atoms with Gasteiger partial charge in [0.1, 0.15) is 35.6 Å². The van der Waals surface area contributed by atoms with Crippen LogP contribution in [0.5, 0.6) is 5.75 Å². The molecule has 3 aromatic rings. The Labute approximate surface area is 169 Å². The zero-order chi connectivity index (χ0) is 21.1. The number of rotatable bonds is 6. The second-order valence-electron chi connectivity index (χ2n) is 6.48. The normalized spacial score (nSPS) is 18.2. The molecule has 10 heteroatoms. The predicted molar refractivity (Wildman–Crippen MR) is 103 cm³/mol. The summed E-state index contributed by atoms with van der Waals surface area (Å²) in [5.74, 6) is -0.847. The van der Waals surface area contributed by atoms with E-state index in [2.05, 4.69) is 20.3 Å². The summed E-state index contributed by atoms with van der Waals surface area (Å²) in [7, 11) is 1.54. The largest absolute Gasteiger partial charge is 0.483 e. The van der Waals surface area contributed by atoms with Crippen molar-refractivity contribution in [3.05, 3.63) is 48.3 Å². The van der Waals surface area contributed by atoms with Crippen molar-refractivity contribution < 1.29 is 27.8 Å². The third-order valence-electron chi connectivity index (χ3n) is 4.61. The van der Waals surface area contributed by atoms with Crippen molar-refractivity contribution in [3.63, 3.8) is 0 Å². The van der Waals surface area contributed by atoms with Crippen molar-refractivity contribution in [2.75, 3.05) is 25.6 Å². The molecule has 30 heavy (non-hydrogen) atoms. The topological polar surface area (TPSA) is 94.9 Å². The Morgan fingerprint density at radius 2 is 2.03 bits per heavy atom. The fraction of sp³-hybridized carbons (Fsp3) is 0.250. The molecule has 0 bridgehead atoms. The van der Waals surface area contributed by atoms with E-state index in [1.54, 1.807) is 7.11 Å². The lowest BCUT2D eigenvalue weighted by atomic mass is 10.2. The number of methoxy groups -OCH3 is 1. The van der Waals surface area contributed by atoms with Crippen molar-refractivity contribution in [2.45, 2.75) is 12.2 Å². The molecule has 1 saturated heterocycles. The van der Waals surface area contributed by atoms with Crippen LogP contribution in [0.2, 0.25) is 0 Å². The molecule has 8 nitrogen and oxygen atoms in total. The highest BCUT2D eigenvalue weighted by molar-refractivity contribution is 5.93. The number of hydrogen-bond acceptors (Lipinski definition) is 8. The number of anilines is 2. The van der Waals surface area contributed by atoms with Gasteiger partial charge in [0.05, 0.1) is 35.5 Å². The third-order valence-corrected chi connectivity index (χ3v) is 4.61. The van der Waals surface area contributed by atoms with Gasteiger partial charge in [-0.15, -0.1) is 0 Å². The average molecular weight is 414 g/mol. The van der Waals surface area contributed by atoms with E-state index < -0.39 is 17.7 Å². The summed E-state index contributed by atoms with van der Waals surface area (Å²) >= 11 is 0. The maximum atomic E-state index is 14.7. The van der Waals surface area contributed by atoms with E-state index in [0.29, 0.717) is 18.9 Å². The Hall–Kier alpha value is -3.46. The molecule has 2 heterocycles. The summed E-state index contributed by atoms with van der Waals surface area (Å²) < 4.78 is 45.1. The highest BCUT2D eigenvalue weighted by atomic mass is 19.1. The van der Waals surface area contributed by atoms with Crippen molar-refractivity contribution in [3.8, 4) is 5.75 Å². The summed E-state index contributed by atoms with van der Waals surface area (Å²) in [4.78, 5) is 22.0. The number of benzene rings is 2. The number of fused-ring (bicyclic) bond motifs is 1. The molecule has 0 saturated carbocycles. The first-order chi connectivity index (χ1) is 14.6. The zero-order valence-corrected chi connectivity index (χ0v) is 15.8. The Kier molecular flexibility index (Phi) is 5.62. The van der Waals surface area contributed by atoms with Crippen LogP contribution in [-0.2, 0) is 14.3 Å². The first-order valence-corrected chi connectivity index (χ1v) is 8.95. The van der Waals surface area contributed by atoms with Crippen LogP contribution in [0.1, 0.15) is 0 Å². The molecule has 154 valence electrons. The average Bonchev–Trinajstić information content (AvgIpc) is 3.17. The highest BCUT2D eigenvalue weighted by Gasteiger charge is 2.30. The molecule has 0 spiro atoms. The molecule has 1 aliphatic rings. The highest BCUT2D eigenvalue weighted by Crippen LogP contribution is 2.34. The number of isocyanates is 1. The molecule has 2 unspecified atom stereocenters. The van der Waals surface area contributed by atoms with Crippen molar-refractivity contribution in [1.82, 2.24) is 9.97 Å². The van der Waals surface area contributed by atoms with Crippen LogP contribution in [0.25, 0.3) is 10.9 Å². The van der Waals surface area contributed by atoms with E-state index in [1.807, 2.05) is 0 Å².